The van der Waals surface area contributed by atoms with Gasteiger partial charge in [0.2, 0.25) is 0 Å². The van der Waals surface area contributed by atoms with Gasteiger partial charge in [0.1, 0.15) is 5.82 Å². The van der Waals surface area contributed by atoms with Crippen LogP contribution in [0.4, 0.5) is 10.1 Å². The van der Waals surface area contributed by atoms with Crippen LogP contribution in [0, 0.1) is 21.8 Å². The molecule has 5 nitrogen and oxygen atoms in total. The highest BCUT2D eigenvalue weighted by molar-refractivity contribution is 5.34. The first-order chi connectivity index (χ1) is 8.97. The lowest BCUT2D eigenvalue weighted by atomic mass is 10.0. The Morgan fingerprint density at radius 1 is 1.63 bits per heavy atom. The second-order valence-electron chi connectivity index (χ2n) is 5.18. The van der Waals surface area contributed by atoms with Gasteiger partial charge < -0.3 is 5.73 Å². The number of likely N-dealkylation sites (tertiary alicyclic amines) is 1. The van der Waals surface area contributed by atoms with Crippen molar-refractivity contribution in [2.24, 2.45) is 11.7 Å². The van der Waals surface area contributed by atoms with Crippen molar-refractivity contribution in [1.82, 2.24) is 4.90 Å². The fourth-order valence-electron chi connectivity index (χ4n) is 2.45. The lowest BCUT2D eigenvalue weighted by Gasteiger charge is -2.18. The third kappa shape index (κ3) is 3.27. The van der Waals surface area contributed by atoms with E-state index in [4.69, 9.17) is 5.73 Å². The minimum absolute atomic E-state index is 0.145. The molecule has 2 N–H and O–H groups in total. The molecule has 6 heteroatoms. The Hall–Kier alpha value is -1.53. The van der Waals surface area contributed by atoms with Gasteiger partial charge in [0, 0.05) is 30.8 Å². The molecule has 2 rings (SSSR count). The number of hydrogen-bond acceptors (Lipinski definition) is 4. The Morgan fingerprint density at radius 2 is 2.37 bits per heavy atom. The summed E-state index contributed by atoms with van der Waals surface area (Å²) in [4.78, 5) is 12.1. The molecule has 1 heterocycles. The van der Waals surface area contributed by atoms with Crippen molar-refractivity contribution in [2.75, 3.05) is 13.1 Å². The van der Waals surface area contributed by atoms with Gasteiger partial charge in [-0.05, 0) is 31.9 Å². The summed E-state index contributed by atoms with van der Waals surface area (Å²) in [5, 5.41) is 10.5. The molecule has 0 aliphatic carbocycles. The van der Waals surface area contributed by atoms with Crippen LogP contribution < -0.4 is 5.73 Å². The number of nitrogens with zero attached hydrogens (tertiary/aromatic N) is 2. The number of benzene rings is 1. The smallest absolute Gasteiger partial charge is 0.272 e. The first-order valence-corrected chi connectivity index (χ1v) is 6.38. The average molecular weight is 267 g/mol. The molecule has 1 fully saturated rings. The summed E-state index contributed by atoms with van der Waals surface area (Å²) in [6, 6.07) is 3.96. The Balaban J connectivity index is 2.02. The zero-order chi connectivity index (χ0) is 14.0. The molecule has 2 unspecified atom stereocenters. The summed E-state index contributed by atoms with van der Waals surface area (Å²) < 4.78 is 13.8. The molecule has 0 bridgehead atoms. The van der Waals surface area contributed by atoms with Crippen LogP contribution in [0.5, 0.6) is 0 Å². The minimum Gasteiger partial charge on any atom is -0.328 e. The second-order valence-corrected chi connectivity index (χ2v) is 5.18. The van der Waals surface area contributed by atoms with E-state index in [1.807, 2.05) is 6.92 Å². The number of non-ortho nitro benzene ring substituents is 1. The third-order valence-electron chi connectivity index (χ3n) is 3.69. The van der Waals surface area contributed by atoms with E-state index in [2.05, 4.69) is 4.90 Å². The monoisotopic (exact) mass is 267 g/mol. The van der Waals surface area contributed by atoms with E-state index in [1.54, 1.807) is 0 Å². The summed E-state index contributed by atoms with van der Waals surface area (Å²) in [6.45, 7) is 4.21. The third-order valence-corrected chi connectivity index (χ3v) is 3.69. The first-order valence-electron chi connectivity index (χ1n) is 6.38. The average Bonchev–Trinajstić information content (AvgIpc) is 2.80. The highest BCUT2D eigenvalue weighted by Crippen LogP contribution is 2.23. The van der Waals surface area contributed by atoms with Gasteiger partial charge in [-0.1, -0.05) is 0 Å². The van der Waals surface area contributed by atoms with Gasteiger partial charge in [-0.3, -0.25) is 15.0 Å². The van der Waals surface area contributed by atoms with E-state index in [9.17, 15) is 14.5 Å². The summed E-state index contributed by atoms with van der Waals surface area (Å²) >= 11 is 0. The number of hydrogen-bond donors (Lipinski definition) is 1. The second kappa shape index (κ2) is 5.63. The zero-order valence-electron chi connectivity index (χ0n) is 10.9. The number of rotatable bonds is 4. The lowest BCUT2D eigenvalue weighted by molar-refractivity contribution is -0.385. The molecule has 0 spiro atoms. The van der Waals surface area contributed by atoms with Crippen molar-refractivity contribution in [3.63, 3.8) is 0 Å². The van der Waals surface area contributed by atoms with Gasteiger partial charge in [-0.15, -0.1) is 0 Å². The van der Waals surface area contributed by atoms with E-state index in [-0.39, 0.29) is 11.7 Å². The number of nitro benzene ring substituents is 1. The van der Waals surface area contributed by atoms with E-state index in [1.165, 1.54) is 12.1 Å². The Bertz CT molecular complexity index is 479. The molecular formula is C13H18FN3O2. The predicted molar refractivity (Wildman–Crippen MR) is 70.1 cm³/mol. The summed E-state index contributed by atoms with van der Waals surface area (Å²) in [5.74, 6) is -0.0699. The molecular weight excluding hydrogens is 249 g/mol. The Kier molecular flexibility index (Phi) is 4.11. The van der Waals surface area contributed by atoms with E-state index < -0.39 is 10.7 Å². The molecule has 1 aliphatic heterocycles. The fourth-order valence-corrected chi connectivity index (χ4v) is 2.45. The van der Waals surface area contributed by atoms with Crippen LogP contribution in [0.1, 0.15) is 18.9 Å². The van der Waals surface area contributed by atoms with Crippen LogP contribution >= 0.6 is 0 Å². The highest BCUT2D eigenvalue weighted by atomic mass is 19.1. The molecule has 1 aliphatic rings. The zero-order valence-corrected chi connectivity index (χ0v) is 10.9. The predicted octanol–water partition coefficient (Wildman–Crippen LogP) is 1.90. The number of nitro groups is 1. The maximum absolute atomic E-state index is 13.8. The Morgan fingerprint density at radius 3 is 2.89 bits per heavy atom. The summed E-state index contributed by atoms with van der Waals surface area (Å²) in [5.41, 5.74) is 6.14. The maximum Gasteiger partial charge on any atom is 0.272 e. The van der Waals surface area contributed by atoms with Crippen molar-refractivity contribution in [3.8, 4) is 0 Å². The van der Waals surface area contributed by atoms with Crippen LogP contribution in [-0.4, -0.2) is 29.0 Å². The molecule has 0 saturated carbocycles. The molecule has 104 valence electrons. The standard InChI is InChI=1S/C13H18FN3O2/c1-9(15)10-4-5-16(7-10)8-11-2-3-12(17(18)19)6-13(11)14/h2-3,6,9-10H,4-5,7-8,15H2,1H3. The van der Waals surface area contributed by atoms with Crippen LogP contribution in [0.15, 0.2) is 18.2 Å². The maximum atomic E-state index is 13.8. The summed E-state index contributed by atoms with van der Waals surface area (Å²) in [7, 11) is 0. The van der Waals surface area contributed by atoms with Crippen LogP contribution in [0.2, 0.25) is 0 Å². The van der Waals surface area contributed by atoms with E-state index in [0.29, 0.717) is 18.0 Å². The van der Waals surface area contributed by atoms with Crippen LogP contribution in [-0.2, 0) is 6.54 Å². The van der Waals surface area contributed by atoms with Gasteiger partial charge in [0.15, 0.2) is 0 Å². The van der Waals surface area contributed by atoms with Crippen LogP contribution in [0.3, 0.4) is 0 Å². The van der Waals surface area contributed by atoms with Crippen molar-refractivity contribution in [3.05, 3.63) is 39.7 Å². The van der Waals surface area contributed by atoms with Gasteiger partial charge in [0.05, 0.1) is 11.0 Å². The van der Waals surface area contributed by atoms with Gasteiger partial charge in [0.25, 0.3) is 5.69 Å². The quantitative estimate of drug-likeness (QED) is 0.668. The molecule has 1 aromatic carbocycles. The summed E-state index contributed by atoms with van der Waals surface area (Å²) in [6.07, 6.45) is 1.02. The SMILES string of the molecule is CC(N)C1CCN(Cc2ccc([N+](=O)[O-])cc2F)C1. The van der Waals surface area contributed by atoms with E-state index >= 15 is 0 Å². The first kappa shape index (κ1) is 13.9. The van der Waals surface area contributed by atoms with Gasteiger partial charge in [-0.2, -0.15) is 0 Å². The Labute approximate surface area is 111 Å². The minimum atomic E-state index is -0.588. The molecule has 1 aromatic rings. The van der Waals surface area contributed by atoms with Crippen molar-refractivity contribution in [2.45, 2.75) is 25.9 Å². The normalized spacial score (nSPS) is 21.5. The molecule has 2 atom stereocenters. The van der Waals surface area contributed by atoms with Crippen molar-refractivity contribution >= 4 is 5.69 Å². The number of nitrogens with two attached hydrogens (primary N) is 1. The molecule has 1 saturated heterocycles. The molecule has 0 aromatic heterocycles. The van der Waals surface area contributed by atoms with Gasteiger partial charge >= 0.3 is 0 Å². The van der Waals surface area contributed by atoms with Gasteiger partial charge in [-0.25, -0.2) is 4.39 Å². The largest absolute Gasteiger partial charge is 0.328 e. The van der Waals surface area contributed by atoms with Crippen molar-refractivity contribution in [1.29, 1.82) is 0 Å². The highest BCUT2D eigenvalue weighted by Gasteiger charge is 2.25. The number of halogens is 1. The fraction of sp³-hybridized carbons (Fsp3) is 0.538. The van der Waals surface area contributed by atoms with Crippen molar-refractivity contribution < 1.29 is 9.31 Å². The van der Waals surface area contributed by atoms with E-state index in [0.717, 1.165) is 25.6 Å². The molecule has 0 amide bonds. The molecule has 19 heavy (non-hydrogen) atoms. The van der Waals surface area contributed by atoms with Crippen LogP contribution in [0.25, 0.3) is 0 Å². The lowest BCUT2D eigenvalue weighted by Crippen LogP contribution is -2.29. The molecule has 0 radical (unpaired) electrons. The topological polar surface area (TPSA) is 72.4 Å².